The van der Waals surface area contributed by atoms with Crippen LogP contribution in [0.25, 0.3) is 0 Å². The summed E-state index contributed by atoms with van der Waals surface area (Å²) in [5.41, 5.74) is 1.51. The first kappa shape index (κ1) is 22.7. The minimum Gasteiger partial charge on any atom is -0.455 e. The van der Waals surface area contributed by atoms with Crippen LogP contribution in [0.4, 0.5) is 17.1 Å². The largest absolute Gasteiger partial charge is 0.455 e. The highest BCUT2D eigenvalue weighted by atomic mass is 79.9. The fourth-order valence-corrected chi connectivity index (χ4v) is 3.69. The Morgan fingerprint density at radius 1 is 1.29 bits per heavy atom. The quantitative estimate of drug-likeness (QED) is 0.358. The second-order valence-electron chi connectivity index (χ2n) is 6.87. The van der Waals surface area contributed by atoms with Crippen LogP contribution in [-0.4, -0.2) is 35.9 Å². The Hall–Kier alpha value is -2.98. The minimum atomic E-state index is -0.737. The Kier molecular flexibility index (Phi) is 6.91. The summed E-state index contributed by atoms with van der Waals surface area (Å²) in [6, 6.07) is 8.83. The molecule has 0 radical (unpaired) electrons. The van der Waals surface area contributed by atoms with Crippen molar-refractivity contribution in [2.45, 2.75) is 13.3 Å². The molecular formula is C20H17BrClN3O6. The van der Waals surface area contributed by atoms with Gasteiger partial charge in [0.1, 0.15) is 0 Å². The van der Waals surface area contributed by atoms with Crippen LogP contribution in [0.5, 0.6) is 0 Å². The Balaban J connectivity index is 1.55. The van der Waals surface area contributed by atoms with Crippen molar-refractivity contribution in [1.82, 2.24) is 0 Å². The zero-order valence-corrected chi connectivity index (χ0v) is 18.6. The van der Waals surface area contributed by atoms with Gasteiger partial charge in [0.05, 0.1) is 15.9 Å². The smallest absolute Gasteiger partial charge is 0.311 e. The number of ether oxygens (including phenoxy) is 1. The molecular weight excluding hydrogens is 494 g/mol. The standard InChI is InChI=1S/C20H17BrClN3O6/c1-11-16(7-6-15(21)19(11)22)23-17(26)10-31-20(28)12-8-18(27)24(9-12)13-2-4-14(5-3-13)25(29)30/h2-7,12H,8-10H2,1H3,(H,23,26)/t12-/m1/s1. The summed E-state index contributed by atoms with van der Waals surface area (Å²) in [7, 11) is 0. The predicted octanol–water partition coefficient (Wildman–Crippen LogP) is 3.85. The highest BCUT2D eigenvalue weighted by Crippen LogP contribution is 2.31. The number of rotatable bonds is 6. The van der Waals surface area contributed by atoms with Crippen molar-refractivity contribution in [3.8, 4) is 0 Å². The van der Waals surface area contributed by atoms with Crippen LogP contribution in [-0.2, 0) is 19.1 Å². The maximum Gasteiger partial charge on any atom is 0.311 e. The fraction of sp³-hybridized carbons (Fsp3) is 0.250. The molecule has 9 nitrogen and oxygen atoms in total. The van der Waals surface area contributed by atoms with E-state index in [2.05, 4.69) is 21.2 Å². The highest BCUT2D eigenvalue weighted by Gasteiger charge is 2.36. The minimum absolute atomic E-state index is 0.0680. The number of non-ortho nitro benzene ring substituents is 1. The molecule has 2 aromatic rings. The van der Waals surface area contributed by atoms with Gasteiger partial charge in [0, 0.05) is 40.9 Å². The summed E-state index contributed by atoms with van der Waals surface area (Å²) >= 11 is 9.42. The average molecular weight is 511 g/mol. The van der Waals surface area contributed by atoms with Crippen molar-refractivity contribution in [3.63, 3.8) is 0 Å². The second kappa shape index (κ2) is 9.44. The van der Waals surface area contributed by atoms with Gasteiger partial charge >= 0.3 is 5.97 Å². The van der Waals surface area contributed by atoms with E-state index in [1.807, 2.05) is 0 Å². The van der Waals surface area contributed by atoms with Crippen molar-refractivity contribution in [3.05, 3.63) is 61.6 Å². The van der Waals surface area contributed by atoms with E-state index in [4.69, 9.17) is 16.3 Å². The van der Waals surface area contributed by atoms with Crippen LogP contribution in [0.2, 0.25) is 5.02 Å². The predicted molar refractivity (Wildman–Crippen MR) is 117 cm³/mol. The van der Waals surface area contributed by atoms with Gasteiger partial charge in [0.2, 0.25) is 5.91 Å². The van der Waals surface area contributed by atoms with E-state index in [0.717, 1.165) is 0 Å². The maximum absolute atomic E-state index is 12.3. The molecule has 1 N–H and O–H groups in total. The van der Waals surface area contributed by atoms with Gasteiger partial charge in [-0.05, 0) is 52.7 Å². The van der Waals surface area contributed by atoms with E-state index in [0.29, 0.717) is 26.4 Å². The number of nitro groups is 1. The lowest BCUT2D eigenvalue weighted by Gasteiger charge is -2.16. The summed E-state index contributed by atoms with van der Waals surface area (Å²) in [5.74, 6) is -2.25. The number of nitrogens with one attached hydrogen (secondary N) is 1. The van der Waals surface area contributed by atoms with Crippen LogP contribution < -0.4 is 10.2 Å². The number of halogens is 2. The number of nitro benzene ring substituents is 1. The third kappa shape index (κ3) is 5.20. The Morgan fingerprint density at radius 2 is 1.97 bits per heavy atom. The van der Waals surface area contributed by atoms with E-state index in [-0.39, 0.29) is 24.6 Å². The zero-order valence-electron chi connectivity index (χ0n) is 16.3. The molecule has 162 valence electrons. The lowest BCUT2D eigenvalue weighted by molar-refractivity contribution is -0.384. The summed E-state index contributed by atoms with van der Waals surface area (Å²) in [6.07, 6.45) is -0.0706. The van der Waals surface area contributed by atoms with Crippen LogP contribution in [0.1, 0.15) is 12.0 Å². The lowest BCUT2D eigenvalue weighted by Crippen LogP contribution is -2.28. The van der Waals surface area contributed by atoms with Crippen molar-refractivity contribution in [1.29, 1.82) is 0 Å². The van der Waals surface area contributed by atoms with Crippen molar-refractivity contribution in [2.75, 3.05) is 23.4 Å². The molecule has 1 fully saturated rings. The molecule has 1 heterocycles. The first-order valence-electron chi connectivity index (χ1n) is 9.13. The molecule has 1 aliphatic rings. The van der Waals surface area contributed by atoms with Crippen molar-refractivity contribution in [2.24, 2.45) is 5.92 Å². The van der Waals surface area contributed by atoms with Gasteiger partial charge in [-0.2, -0.15) is 0 Å². The van der Waals surface area contributed by atoms with Crippen LogP contribution >= 0.6 is 27.5 Å². The summed E-state index contributed by atoms with van der Waals surface area (Å²) < 4.78 is 5.77. The number of nitrogens with zero attached hydrogens (tertiary/aromatic N) is 2. The van der Waals surface area contributed by atoms with Crippen molar-refractivity contribution >= 4 is 62.4 Å². The van der Waals surface area contributed by atoms with E-state index >= 15 is 0 Å². The summed E-state index contributed by atoms with van der Waals surface area (Å²) in [4.78, 5) is 48.3. The normalized spacial score (nSPS) is 15.6. The maximum atomic E-state index is 12.3. The van der Waals surface area contributed by atoms with Gasteiger partial charge in [-0.3, -0.25) is 24.5 Å². The molecule has 2 aromatic carbocycles. The molecule has 2 amide bonds. The first-order chi connectivity index (χ1) is 14.7. The van der Waals surface area contributed by atoms with Gasteiger partial charge in [0.25, 0.3) is 11.6 Å². The molecule has 0 aliphatic carbocycles. The average Bonchev–Trinajstić information content (AvgIpc) is 3.14. The van der Waals surface area contributed by atoms with Crippen LogP contribution in [0.3, 0.4) is 0 Å². The lowest BCUT2D eigenvalue weighted by atomic mass is 10.1. The van der Waals surface area contributed by atoms with E-state index in [1.165, 1.54) is 29.2 Å². The number of esters is 1. The Bertz CT molecular complexity index is 1060. The number of benzene rings is 2. The Labute approximate surface area is 190 Å². The van der Waals surface area contributed by atoms with Gasteiger partial charge < -0.3 is 15.0 Å². The van der Waals surface area contributed by atoms with E-state index < -0.39 is 29.3 Å². The molecule has 0 saturated carbocycles. The SMILES string of the molecule is Cc1c(NC(=O)COC(=O)[C@@H]2CC(=O)N(c3ccc([N+](=O)[O-])cc3)C2)ccc(Br)c1Cl. The molecule has 0 unspecified atom stereocenters. The summed E-state index contributed by atoms with van der Waals surface area (Å²) in [6.45, 7) is 1.30. The molecule has 0 bridgehead atoms. The van der Waals surface area contributed by atoms with Crippen LogP contribution in [0.15, 0.2) is 40.9 Å². The molecule has 0 spiro atoms. The molecule has 11 heteroatoms. The molecule has 0 aromatic heterocycles. The molecule has 1 aliphatic heterocycles. The molecule has 31 heavy (non-hydrogen) atoms. The van der Waals surface area contributed by atoms with Crippen molar-refractivity contribution < 1.29 is 24.0 Å². The number of amides is 2. The number of anilines is 2. The van der Waals surface area contributed by atoms with E-state index in [9.17, 15) is 24.5 Å². The zero-order chi connectivity index (χ0) is 22.7. The third-order valence-corrected chi connectivity index (χ3v) is 6.17. The van der Waals surface area contributed by atoms with Gasteiger partial charge in [-0.25, -0.2) is 0 Å². The number of hydrogen-bond acceptors (Lipinski definition) is 6. The molecule has 1 saturated heterocycles. The topological polar surface area (TPSA) is 119 Å². The van der Waals surface area contributed by atoms with E-state index in [1.54, 1.807) is 19.1 Å². The number of hydrogen-bond donors (Lipinski definition) is 1. The first-order valence-corrected chi connectivity index (χ1v) is 10.3. The van der Waals surface area contributed by atoms with Gasteiger partial charge in [-0.15, -0.1) is 0 Å². The number of carbonyl (C=O) groups excluding carboxylic acids is 3. The fourth-order valence-electron chi connectivity index (χ4n) is 3.10. The number of carbonyl (C=O) groups is 3. The molecule has 3 rings (SSSR count). The molecule has 1 atom stereocenters. The Morgan fingerprint density at radius 3 is 2.61 bits per heavy atom. The van der Waals surface area contributed by atoms with Crippen LogP contribution in [0, 0.1) is 23.0 Å². The summed E-state index contributed by atoms with van der Waals surface area (Å²) in [5, 5.41) is 13.8. The second-order valence-corrected chi connectivity index (χ2v) is 8.10. The third-order valence-electron chi connectivity index (χ3n) is 4.79. The van der Waals surface area contributed by atoms with Gasteiger partial charge in [-0.1, -0.05) is 11.6 Å². The highest BCUT2D eigenvalue weighted by molar-refractivity contribution is 9.10. The van der Waals surface area contributed by atoms with Gasteiger partial charge in [0.15, 0.2) is 6.61 Å². The monoisotopic (exact) mass is 509 g/mol.